The molecule has 0 aliphatic rings. The minimum absolute atomic E-state index is 0.0904. The normalized spacial score (nSPS) is 10.9. The topological polar surface area (TPSA) is 105 Å². The molecule has 2 rings (SSSR count). The molecular formula is C23H20N2O5. The molecular weight excluding hydrogens is 384 g/mol. The third kappa shape index (κ3) is 7.09. The Morgan fingerprint density at radius 2 is 1.73 bits per heavy atom. The molecule has 152 valence electrons. The summed E-state index contributed by atoms with van der Waals surface area (Å²) in [6.07, 6.45) is 4.35. The lowest BCUT2D eigenvalue weighted by molar-refractivity contribution is -0.133. The number of carbonyl (C=O) groups is 3. The van der Waals surface area contributed by atoms with Crippen molar-refractivity contribution in [1.29, 1.82) is 5.26 Å². The first-order chi connectivity index (χ1) is 14.4. The first kappa shape index (κ1) is 22.1. The average Bonchev–Trinajstić information content (AvgIpc) is 2.71. The maximum Gasteiger partial charge on any atom is 0.308 e. The van der Waals surface area contributed by atoms with Gasteiger partial charge in [-0.25, -0.2) is 0 Å². The van der Waals surface area contributed by atoms with Crippen LogP contribution in [-0.4, -0.2) is 17.8 Å². The predicted molar refractivity (Wildman–Crippen MR) is 110 cm³/mol. The van der Waals surface area contributed by atoms with Crippen molar-refractivity contribution in [3.8, 4) is 17.6 Å². The molecule has 0 heterocycles. The van der Waals surface area contributed by atoms with Gasteiger partial charge >= 0.3 is 11.9 Å². The second kappa shape index (κ2) is 11.0. The summed E-state index contributed by atoms with van der Waals surface area (Å²) in [6.45, 7) is 2.83. The molecule has 7 heteroatoms. The lowest BCUT2D eigenvalue weighted by Gasteiger charge is -2.08. The highest BCUT2D eigenvalue weighted by molar-refractivity contribution is 5.97. The van der Waals surface area contributed by atoms with Gasteiger partial charge < -0.3 is 14.8 Å². The Balaban J connectivity index is 2.17. The number of benzene rings is 2. The zero-order valence-corrected chi connectivity index (χ0v) is 16.5. The zero-order chi connectivity index (χ0) is 21.9. The molecule has 0 saturated carbocycles. The number of nitrogens with zero attached hydrogens (tertiary/aromatic N) is 1. The number of amides is 1. The Morgan fingerprint density at radius 3 is 2.37 bits per heavy atom. The SMILES string of the molecule is CC(=O)Oc1ccc(OC(C)=O)c(/C=C/C=C(\C#N)C(=O)NCc2ccccc2)c1. The molecule has 0 saturated heterocycles. The first-order valence-corrected chi connectivity index (χ1v) is 9.00. The van der Waals surface area contributed by atoms with Crippen LogP contribution in [-0.2, 0) is 20.9 Å². The maximum atomic E-state index is 12.2. The van der Waals surface area contributed by atoms with E-state index in [2.05, 4.69) is 5.32 Å². The third-order valence-corrected chi connectivity index (χ3v) is 3.70. The average molecular weight is 404 g/mol. The van der Waals surface area contributed by atoms with Gasteiger partial charge in [-0.15, -0.1) is 0 Å². The number of ether oxygens (including phenoxy) is 2. The van der Waals surface area contributed by atoms with Gasteiger partial charge in [0.25, 0.3) is 5.91 Å². The van der Waals surface area contributed by atoms with Crippen molar-refractivity contribution in [3.05, 3.63) is 77.4 Å². The van der Waals surface area contributed by atoms with Crippen LogP contribution in [0, 0.1) is 11.3 Å². The van der Waals surface area contributed by atoms with Crippen molar-refractivity contribution in [2.45, 2.75) is 20.4 Å². The van der Waals surface area contributed by atoms with Gasteiger partial charge in [0.15, 0.2) is 0 Å². The Labute approximate surface area is 174 Å². The number of allylic oxidation sites excluding steroid dienone is 2. The van der Waals surface area contributed by atoms with Gasteiger partial charge in [0, 0.05) is 26.0 Å². The van der Waals surface area contributed by atoms with E-state index < -0.39 is 17.8 Å². The number of hydrogen-bond donors (Lipinski definition) is 1. The molecule has 0 radical (unpaired) electrons. The van der Waals surface area contributed by atoms with Crippen LogP contribution in [0.1, 0.15) is 25.0 Å². The fourth-order valence-corrected chi connectivity index (χ4v) is 2.42. The molecule has 0 aliphatic heterocycles. The summed E-state index contributed by atoms with van der Waals surface area (Å²) in [4.78, 5) is 34.7. The summed E-state index contributed by atoms with van der Waals surface area (Å²) in [5.74, 6) is -1.01. The highest BCUT2D eigenvalue weighted by Gasteiger charge is 2.09. The van der Waals surface area contributed by atoms with Gasteiger partial charge in [-0.2, -0.15) is 5.26 Å². The van der Waals surface area contributed by atoms with Crippen LogP contribution >= 0.6 is 0 Å². The molecule has 0 atom stereocenters. The summed E-state index contributed by atoms with van der Waals surface area (Å²) < 4.78 is 10.2. The highest BCUT2D eigenvalue weighted by Crippen LogP contribution is 2.26. The first-order valence-electron chi connectivity index (χ1n) is 9.00. The third-order valence-electron chi connectivity index (χ3n) is 3.70. The van der Waals surface area contributed by atoms with Gasteiger partial charge in [-0.1, -0.05) is 42.5 Å². The van der Waals surface area contributed by atoms with Crippen LogP contribution in [0.5, 0.6) is 11.5 Å². The van der Waals surface area contributed by atoms with Gasteiger partial charge in [-0.05, 0) is 29.8 Å². The Bertz CT molecular complexity index is 1030. The van der Waals surface area contributed by atoms with E-state index >= 15 is 0 Å². The standard InChI is InChI=1S/C23H20N2O5/c1-16(26)29-21-11-12-22(30-17(2)27)19(13-21)9-6-10-20(14-24)23(28)25-15-18-7-4-3-5-8-18/h3-13H,15H2,1-2H3,(H,25,28)/b9-6+,20-10+. The Kier molecular flexibility index (Phi) is 8.09. The monoisotopic (exact) mass is 404 g/mol. The second-order valence-electron chi connectivity index (χ2n) is 6.11. The van der Waals surface area contributed by atoms with E-state index in [1.807, 2.05) is 36.4 Å². The van der Waals surface area contributed by atoms with Crippen molar-refractivity contribution in [2.24, 2.45) is 0 Å². The molecule has 7 nitrogen and oxygen atoms in total. The van der Waals surface area contributed by atoms with Gasteiger partial charge in [-0.3, -0.25) is 14.4 Å². The minimum Gasteiger partial charge on any atom is -0.427 e. The second-order valence-corrected chi connectivity index (χ2v) is 6.11. The fraction of sp³-hybridized carbons (Fsp3) is 0.130. The van der Waals surface area contributed by atoms with E-state index in [0.29, 0.717) is 12.1 Å². The summed E-state index contributed by atoms with van der Waals surface area (Å²) in [5, 5.41) is 11.9. The van der Waals surface area contributed by atoms with Crippen molar-refractivity contribution in [3.63, 3.8) is 0 Å². The zero-order valence-electron chi connectivity index (χ0n) is 16.5. The summed E-state index contributed by atoms with van der Waals surface area (Å²) in [5.41, 5.74) is 1.25. The highest BCUT2D eigenvalue weighted by atomic mass is 16.5. The summed E-state index contributed by atoms with van der Waals surface area (Å²) in [7, 11) is 0. The molecule has 1 N–H and O–H groups in total. The van der Waals surface area contributed by atoms with E-state index in [0.717, 1.165) is 5.56 Å². The largest absolute Gasteiger partial charge is 0.427 e. The molecule has 30 heavy (non-hydrogen) atoms. The lowest BCUT2D eigenvalue weighted by Crippen LogP contribution is -2.23. The number of carbonyl (C=O) groups excluding carboxylic acids is 3. The van der Waals surface area contributed by atoms with Gasteiger partial charge in [0.05, 0.1) is 0 Å². The van der Waals surface area contributed by atoms with Crippen LogP contribution in [0.15, 0.2) is 66.3 Å². The van der Waals surface area contributed by atoms with Gasteiger partial charge in [0.1, 0.15) is 23.1 Å². The smallest absolute Gasteiger partial charge is 0.308 e. The minimum atomic E-state index is -0.515. The predicted octanol–water partition coefficient (Wildman–Crippen LogP) is 3.32. The summed E-state index contributed by atoms with van der Waals surface area (Å²) in [6, 6.07) is 15.6. The van der Waals surface area contributed by atoms with E-state index in [9.17, 15) is 19.6 Å². The number of nitriles is 1. The van der Waals surface area contributed by atoms with Crippen LogP contribution < -0.4 is 14.8 Å². The molecule has 0 spiro atoms. The van der Waals surface area contributed by atoms with E-state index in [-0.39, 0.29) is 17.1 Å². The maximum absolute atomic E-state index is 12.2. The molecule has 0 aromatic heterocycles. The molecule has 0 fully saturated rings. The number of esters is 2. The van der Waals surface area contributed by atoms with Gasteiger partial charge in [0.2, 0.25) is 0 Å². The number of nitrogens with one attached hydrogen (secondary N) is 1. The Morgan fingerprint density at radius 1 is 1.03 bits per heavy atom. The quantitative estimate of drug-likeness (QED) is 0.250. The van der Waals surface area contributed by atoms with E-state index in [1.165, 1.54) is 50.3 Å². The molecule has 2 aromatic rings. The van der Waals surface area contributed by atoms with Crippen LogP contribution in [0.3, 0.4) is 0 Å². The van der Waals surface area contributed by atoms with Crippen LogP contribution in [0.2, 0.25) is 0 Å². The summed E-state index contributed by atoms with van der Waals surface area (Å²) >= 11 is 0. The van der Waals surface area contributed by atoms with Crippen molar-refractivity contribution in [1.82, 2.24) is 5.32 Å². The molecule has 0 aliphatic carbocycles. The molecule has 0 unspecified atom stereocenters. The molecule has 2 aromatic carbocycles. The van der Waals surface area contributed by atoms with Crippen molar-refractivity contribution < 1.29 is 23.9 Å². The van der Waals surface area contributed by atoms with Crippen LogP contribution in [0.4, 0.5) is 0 Å². The van der Waals surface area contributed by atoms with Crippen molar-refractivity contribution >= 4 is 23.9 Å². The van der Waals surface area contributed by atoms with E-state index in [4.69, 9.17) is 9.47 Å². The van der Waals surface area contributed by atoms with Crippen molar-refractivity contribution in [2.75, 3.05) is 0 Å². The molecule has 0 bridgehead atoms. The Hall–Kier alpha value is -4.18. The van der Waals surface area contributed by atoms with Crippen LogP contribution in [0.25, 0.3) is 6.08 Å². The molecule has 1 amide bonds. The number of hydrogen-bond acceptors (Lipinski definition) is 6. The lowest BCUT2D eigenvalue weighted by atomic mass is 10.1. The van der Waals surface area contributed by atoms with E-state index in [1.54, 1.807) is 0 Å². The fourth-order valence-electron chi connectivity index (χ4n) is 2.42. The number of rotatable bonds is 7.